The Bertz CT molecular complexity index is 1280. The molecule has 3 heterocycles. The molecule has 1 saturated carbocycles. The molecule has 6 nitrogen and oxygen atoms in total. The Kier molecular flexibility index (Phi) is 5.18. The van der Waals surface area contributed by atoms with E-state index < -0.39 is 0 Å². The van der Waals surface area contributed by atoms with Crippen molar-refractivity contribution in [2.24, 2.45) is 5.92 Å². The second-order valence-electron chi connectivity index (χ2n) is 9.75. The summed E-state index contributed by atoms with van der Waals surface area (Å²) in [5.74, 6) is 2.52. The number of benzene rings is 2. The van der Waals surface area contributed by atoms with Gasteiger partial charge in [-0.25, -0.2) is 9.97 Å². The van der Waals surface area contributed by atoms with E-state index in [0.717, 1.165) is 53.7 Å². The van der Waals surface area contributed by atoms with Gasteiger partial charge in [0.2, 0.25) is 0 Å². The van der Waals surface area contributed by atoms with Crippen LogP contribution in [0.25, 0.3) is 27.8 Å². The van der Waals surface area contributed by atoms with E-state index in [4.69, 9.17) is 9.72 Å². The zero-order chi connectivity index (χ0) is 22.4. The average Bonchev–Trinajstić information content (AvgIpc) is 3.59. The van der Waals surface area contributed by atoms with Crippen molar-refractivity contribution in [1.82, 2.24) is 19.4 Å². The van der Waals surface area contributed by atoms with Crippen molar-refractivity contribution in [3.63, 3.8) is 0 Å². The minimum absolute atomic E-state index is 0.691. The molecule has 1 aliphatic carbocycles. The van der Waals surface area contributed by atoms with Gasteiger partial charge >= 0.3 is 0 Å². The maximum atomic E-state index is 5.92. The molecule has 2 aliphatic rings. The number of fused-ring (bicyclic) bond motifs is 2. The van der Waals surface area contributed by atoms with E-state index in [0.29, 0.717) is 6.04 Å². The molecule has 2 fully saturated rings. The van der Waals surface area contributed by atoms with Crippen molar-refractivity contribution in [2.75, 3.05) is 38.7 Å². The summed E-state index contributed by atoms with van der Waals surface area (Å²) in [5.41, 5.74) is 4.27. The van der Waals surface area contributed by atoms with Gasteiger partial charge in [0, 0.05) is 36.3 Å². The molecule has 2 aromatic heterocycles. The van der Waals surface area contributed by atoms with Crippen LogP contribution < -0.4 is 9.64 Å². The number of rotatable bonds is 6. The van der Waals surface area contributed by atoms with Crippen LogP contribution in [0, 0.1) is 5.92 Å². The predicted molar refractivity (Wildman–Crippen MR) is 134 cm³/mol. The van der Waals surface area contributed by atoms with Crippen LogP contribution in [0.1, 0.15) is 25.7 Å². The number of hydrogen-bond acceptors (Lipinski definition) is 5. The highest BCUT2D eigenvalue weighted by molar-refractivity contribution is 5.84. The summed E-state index contributed by atoms with van der Waals surface area (Å²) in [6.45, 7) is 3.02. The lowest BCUT2D eigenvalue weighted by Crippen LogP contribution is -2.41. The number of piperidine rings is 1. The van der Waals surface area contributed by atoms with Gasteiger partial charge in [-0.2, -0.15) is 0 Å². The number of aromatic nitrogens is 3. The Balaban J connectivity index is 1.23. The summed E-state index contributed by atoms with van der Waals surface area (Å²) < 4.78 is 7.97. The Labute approximate surface area is 194 Å². The van der Waals surface area contributed by atoms with Gasteiger partial charge in [-0.3, -0.25) is 4.57 Å². The van der Waals surface area contributed by atoms with Gasteiger partial charge in [-0.1, -0.05) is 0 Å². The molecule has 0 atom stereocenters. The number of pyridine rings is 1. The standard InChI is InChI=1S/C27H31N5O/c1-30(2)21-11-13-31(14-12-21)22-6-8-24-20(15-22)5-10-27(29-24)32-18-28-25-16-23(7-9-26(25)32)33-17-19-3-4-19/h5-10,15-16,18-19,21H,3-4,11-14,17H2,1-2H3. The van der Waals surface area contributed by atoms with Crippen molar-refractivity contribution in [1.29, 1.82) is 0 Å². The minimum Gasteiger partial charge on any atom is -0.493 e. The van der Waals surface area contributed by atoms with Gasteiger partial charge in [0.05, 0.1) is 23.2 Å². The number of nitrogens with zero attached hydrogens (tertiary/aromatic N) is 5. The summed E-state index contributed by atoms with van der Waals surface area (Å²) >= 11 is 0. The maximum Gasteiger partial charge on any atom is 0.139 e. The van der Waals surface area contributed by atoms with Gasteiger partial charge in [0.25, 0.3) is 0 Å². The highest BCUT2D eigenvalue weighted by Gasteiger charge is 2.22. The first kappa shape index (κ1) is 20.5. The molecule has 0 spiro atoms. The molecule has 33 heavy (non-hydrogen) atoms. The quantitative estimate of drug-likeness (QED) is 0.426. The SMILES string of the molecule is CN(C)C1CCN(c2ccc3nc(-n4cnc5cc(OCC6CC6)ccc54)ccc3c2)CC1. The monoisotopic (exact) mass is 441 g/mol. The van der Waals surface area contributed by atoms with Crippen LogP contribution in [0.15, 0.2) is 54.9 Å². The van der Waals surface area contributed by atoms with Crippen molar-refractivity contribution in [3.8, 4) is 11.6 Å². The predicted octanol–water partition coefficient (Wildman–Crippen LogP) is 4.89. The minimum atomic E-state index is 0.691. The van der Waals surface area contributed by atoms with E-state index in [-0.39, 0.29) is 0 Å². The summed E-state index contributed by atoms with van der Waals surface area (Å²) in [4.78, 5) is 14.4. The zero-order valence-corrected chi connectivity index (χ0v) is 19.4. The van der Waals surface area contributed by atoms with Gasteiger partial charge in [-0.15, -0.1) is 0 Å². The molecule has 170 valence electrons. The summed E-state index contributed by atoms with van der Waals surface area (Å²) in [5, 5.41) is 1.17. The second-order valence-corrected chi connectivity index (χ2v) is 9.75. The molecule has 0 unspecified atom stereocenters. The normalized spacial score (nSPS) is 17.4. The lowest BCUT2D eigenvalue weighted by molar-refractivity contribution is 0.249. The van der Waals surface area contributed by atoms with Gasteiger partial charge < -0.3 is 14.5 Å². The van der Waals surface area contributed by atoms with Crippen LogP contribution in [0.4, 0.5) is 5.69 Å². The zero-order valence-electron chi connectivity index (χ0n) is 19.4. The molecule has 0 N–H and O–H groups in total. The summed E-state index contributed by atoms with van der Waals surface area (Å²) in [6, 6.07) is 17.7. The third-order valence-electron chi connectivity index (χ3n) is 7.17. The lowest BCUT2D eigenvalue weighted by Gasteiger charge is -2.36. The third kappa shape index (κ3) is 4.15. The molecule has 6 rings (SSSR count). The van der Waals surface area contributed by atoms with Crippen LogP contribution in [0.3, 0.4) is 0 Å². The highest BCUT2D eigenvalue weighted by Crippen LogP contribution is 2.31. The maximum absolute atomic E-state index is 5.92. The molecule has 1 aliphatic heterocycles. The molecule has 4 aromatic rings. The highest BCUT2D eigenvalue weighted by atomic mass is 16.5. The molecule has 0 radical (unpaired) electrons. The largest absolute Gasteiger partial charge is 0.493 e. The molecular weight excluding hydrogens is 410 g/mol. The van der Waals surface area contributed by atoms with E-state index in [1.807, 2.05) is 18.5 Å². The smallest absolute Gasteiger partial charge is 0.139 e. The fraction of sp³-hybridized carbons (Fsp3) is 0.407. The van der Waals surface area contributed by atoms with Crippen LogP contribution in [0.2, 0.25) is 0 Å². The first-order valence-electron chi connectivity index (χ1n) is 12.1. The van der Waals surface area contributed by atoms with Crippen molar-refractivity contribution in [2.45, 2.75) is 31.7 Å². The van der Waals surface area contributed by atoms with Crippen LogP contribution >= 0.6 is 0 Å². The topological polar surface area (TPSA) is 46.4 Å². The Morgan fingerprint density at radius 3 is 2.58 bits per heavy atom. The van der Waals surface area contributed by atoms with Gasteiger partial charge in [0.15, 0.2) is 0 Å². The number of anilines is 1. The van der Waals surface area contributed by atoms with Gasteiger partial charge in [0.1, 0.15) is 17.9 Å². The molecule has 2 aromatic carbocycles. The molecular formula is C27H31N5O. The van der Waals surface area contributed by atoms with E-state index in [2.05, 4.69) is 69.8 Å². The number of ether oxygens (including phenoxy) is 1. The molecule has 0 amide bonds. The second kappa shape index (κ2) is 8.34. The van der Waals surface area contributed by atoms with E-state index in [9.17, 15) is 0 Å². The molecule has 6 heteroatoms. The fourth-order valence-corrected chi connectivity index (χ4v) is 4.84. The number of imidazole rings is 1. The first-order valence-corrected chi connectivity index (χ1v) is 12.1. The van der Waals surface area contributed by atoms with Crippen molar-refractivity contribution < 1.29 is 4.74 Å². The Morgan fingerprint density at radius 2 is 1.79 bits per heavy atom. The first-order chi connectivity index (χ1) is 16.1. The third-order valence-corrected chi connectivity index (χ3v) is 7.17. The van der Waals surface area contributed by atoms with Crippen molar-refractivity contribution >= 4 is 27.6 Å². The summed E-state index contributed by atoms with van der Waals surface area (Å²) in [7, 11) is 4.37. The summed E-state index contributed by atoms with van der Waals surface area (Å²) in [6.07, 6.45) is 6.86. The average molecular weight is 442 g/mol. The fourth-order valence-electron chi connectivity index (χ4n) is 4.84. The molecule has 1 saturated heterocycles. The van der Waals surface area contributed by atoms with E-state index in [1.165, 1.54) is 36.8 Å². The number of hydrogen-bond donors (Lipinski definition) is 0. The van der Waals surface area contributed by atoms with Gasteiger partial charge in [-0.05, 0) is 88.2 Å². The Hall–Kier alpha value is -3.12. The molecule has 0 bridgehead atoms. The lowest BCUT2D eigenvalue weighted by atomic mass is 10.0. The van der Waals surface area contributed by atoms with E-state index >= 15 is 0 Å². The van der Waals surface area contributed by atoms with E-state index in [1.54, 1.807) is 0 Å². The van der Waals surface area contributed by atoms with Crippen LogP contribution in [-0.4, -0.2) is 59.3 Å². The Morgan fingerprint density at radius 1 is 0.939 bits per heavy atom. The van der Waals surface area contributed by atoms with Crippen molar-refractivity contribution in [3.05, 3.63) is 54.9 Å². The van der Waals surface area contributed by atoms with Crippen LogP contribution in [0.5, 0.6) is 5.75 Å². The van der Waals surface area contributed by atoms with Crippen LogP contribution in [-0.2, 0) is 0 Å².